The Bertz CT molecular complexity index is 347. The molecule has 3 heteroatoms. The molecule has 1 aromatic rings. The third-order valence-electron chi connectivity index (χ3n) is 2.85. The number of hydrogen-bond donors (Lipinski definition) is 0. The zero-order valence-electron chi connectivity index (χ0n) is 8.36. The number of hydrogen-bond acceptors (Lipinski definition) is 2. The molecule has 1 saturated heterocycles. The molecule has 15 heavy (non-hydrogen) atoms. The van der Waals surface area contributed by atoms with Crippen molar-refractivity contribution in [1.82, 2.24) is 0 Å². The molecule has 0 radical (unpaired) electrons. The number of carbonyl (C=O) groups is 1. The van der Waals surface area contributed by atoms with Crippen LogP contribution in [0.25, 0.3) is 0 Å². The summed E-state index contributed by atoms with van der Waals surface area (Å²) in [6, 6.07) is 8.10. The van der Waals surface area contributed by atoms with Gasteiger partial charge in [0.1, 0.15) is 6.29 Å². The highest BCUT2D eigenvalue weighted by molar-refractivity contribution is 9.10. The molecule has 0 spiro atoms. The van der Waals surface area contributed by atoms with E-state index in [0.29, 0.717) is 5.92 Å². The molecule has 2 atom stereocenters. The van der Waals surface area contributed by atoms with Gasteiger partial charge in [-0.2, -0.15) is 11.8 Å². The number of aldehydes is 1. The van der Waals surface area contributed by atoms with E-state index in [1.165, 1.54) is 12.2 Å². The van der Waals surface area contributed by atoms with Crippen molar-refractivity contribution in [2.45, 2.75) is 12.3 Å². The van der Waals surface area contributed by atoms with Crippen LogP contribution in [-0.2, 0) is 4.79 Å². The monoisotopic (exact) mass is 284 g/mol. The standard InChI is InChI=1S/C12H13BrOS/c13-11-3-1-2-9(6-11)12(7-14)10-4-5-15-8-10/h1-3,6-7,10,12H,4-5,8H2. The molecular weight excluding hydrogens is 272 g/mol. The fourth-order valence-corrected chi connectivity index (χ4v) is 3.74. The van der Waals surface area contributed by atoms with Crippen molar-refractivity contribution in [3.05, 3.63) is 34.3 Å². The van der Waals surface area contributed by atoms with Crippen LogP contribution in [0, 0.1) is 5.92 Å². The number of halogens is 1. The van der Waals surface area contributed by atoms with Crippen LogP contribution >= 0.6 is 27.7 Å². The SMILES string of the molecule is O=CC(c1cccc(Br)c1)C1CCSC1. The molecule has 2 rings (SSSR count). The van der Waals surface area contributed by atoms with E-state index < -0.39 is 0 Å². The van der Waals surface area contributed by atoms with Gasteiger partial charge < -0.3 is 4.79 Å². The second-order valence-corrected chi connectivity index (χ2v) is 5.91. The Labute approximate surface area is 103 Å². The van der Waals surface area contributed by atoms with Gasteiger partial charge in [-0.05, 0) is 41.5 Å². The minimum Gasteiger partial charge on any atom is -0.303 e. The summed E-state index contributed by atoms with van der Waals surface area (Å²) >= 11 is 5.40. The average molecular weight is 285 g/mol. The van der Waals surface area contributed by atoms with Gasteiger partial charge in [-0.15, -0.1) is 0 Å². The Hall–Kier alpha value is -0.280. The molecule has 0 amide bonds. The molecule has 1 aliphatic heterocycles. The lowest BCUT2D eigenvalue weighted by Crippen LogP contribution is -2.13. The summed E-state index contributed by atoms with van der Waals surface area (Å²) in [6.45, 7) is 0. The van der Waals surface area contributed by atoms with Gasteiger partial charge in [-0.1, -0.05) is 28.1 Å². The molecule has 0 N–H and O–H groups in total. The van der Waals surface area contributed by atoms with Crippen LogP contribution in [0.3, 0.4) is 0 Å². The second kappa shape index (κ2) is 5.17. The van der Waals surface area contributed by atoms with Gasteiger partial charge >= 0.3 is 0 Å². The van der Waals surface area contributed by atoms with E-state index in [9.17, 15) is 4.79 Å². The molecule has 1 fully saturated rings. The molecule has 1 aromatic carbocycles. The summed E-state index contributed by atoms with van der Waals surface area (Å²) in [5.41, 5.74) is 1.15. The number of rotatable bonds is 3. The first-order chi connectivity index (χ1) is 7.31. The third kappa shape index (κ3) is 2.64. The van der Waals surface area contributed by atoms with Crippen molar-refractivity contribution in [2.24, 2.45) is 5.92 Å². The molecule has 0 bridgehead atoms. The van der Waals surface area contributed by atoms with Crippen LogP contribution in [0.4, 0.5) is 0 Å². The van der Waals surface area contributed by atoms with Gasteiger partial charge in [-0.3, -0.25) is 0 Å². The van der Waals surface area contributed by atoms with Gasteiger partial charge in [0.15, 0.2) is 0 Å². The maximum atomic E-state index is 11.2. The second-order valence-electron chi connectivity index (χ2n) is 3.84. The molecule has 2 unspecified atom stereocenters. The quantitative estimate of drug-likeness (QED) is 0.791. The van der Waals surface area contributed by atoms with Crippen molar-refractivity contribution in [2.75, 3.05) is 11.5 Å². The maximum absolute atomic E-state index is 11.2. The van der Waals surface area contributed by atoms with Crippen molar-refractivity contribution in [3.63, 3.8) is 0 Å². The first-order valence-electron chi connectivity index (χ1n) is 5.10. The van der Waals surface area contributed by atoms with Gasteiger partial charge in [0.2, 0.25) is 0 Å². The lowest BCUT2D eigenvalue weighted by molar-refractivity contribution is -0.109. The first-order valence-corrected chi connectivity index (χ1v) is 7.04. The highest BCUT2D eigenvalue weighted by Crippen LogP contribution is 2.35. The normalized spacial score (nSPS) is 22.6. The Morgan fingerprint density at radius 1 is 1.53 bits per heavy atom. The van der Waals surface area contributed by atoms with Crippen LogP contribution in [0.5, 0.6) is 0 Å². The zero-order chi connectivity index (χ0) is 10.7. The highest BCUT2D eigenvalue weighted by atomic mass is 79.9. The minimum atomic E-state index is 0.0810. The molecule has 0 aliphatic carbocycles. The predicted octanol–water partition coefficient (Wildman–Crippen LogP) is 3.48. The molecule has 80 valence electrons. The predicted molar refractivity (Wildman–Crippen MR) is 68.4 cm³/mol. The summed E-state index contributed by atoms with van der Waals surface area (Å²) in [6.07, 6.45) is 2.28. The number of thioether (sulfide) groups is 1. The summed E-state index contributed by atoms with van der Waals surface area (Å²) < 4.78 is 1.05. The fraction of sp³-hybridized carbons (Fsp3) is 0.417. The van der Waals surface area contributed by atoms with Crippen molar-refractivity contribution in [3.8, 4) is 0 Å². The number of benzene rings is 1. The minimum absolute atomic E-state index is 0.0810. The van der Waals surface area contributed by atoms with E-state index in [-0.39, 0.29) is 5.92 Å². The van der Waals surface area contributed by atoms with E-state index in [1.54, 1.807) is 0 Å². The fourth-order valence-electron chi connectivity index (χ4n) is 2.01. The Kier molecular flexibility index (Phi) is 3.87. The topological polar surface area (TPSA) is 17.1 Å². The molecular formula is C12H13BrOS. The van der Waals surface area contributed by atoms with Crippen molar-refractivity contribution >= 4 is 34.0 Å². The van der Waals surface area contributed by atoms with Gasteiger partial charge in [0.25, 0.3) is 0 Å². The maximum Gasteiger partial charge on any atom is 0.127 e. The number of carbonyl (C=O) groups excluding carboxylic acids is 1. The lowest BCUT2D eigenvalue weighted by atomic mass is 9.87. The van der Waals surface area contributed by atoms with Crippen LogP contribution in [-0.4, -0.2) is 17.8 Å². The average Bonchev–Trinajstić information content (AvgIpc) is 2.72. The highest BCUT2D eigenvalue weighted by Gasteiger charge is 2.26. The Morgan fingerprint density at radius 3 is 3.00 bits per heavy atom. The first kappa shape index (κ1) is 11.2. The zero-order valence-corrected chi connectivity index (χ0v) is 10.8. The van der Waals surface area contributed by atoms with Crippen LogP contribution in [0.2, 0.25) is 0 Å². The van der Waals surface area contributed by atoms with Gasteiger partial charge in [0, 0.05) is 10.4 Å². The molecule has 1 heterocycles. The lowest BCUT2D eigenvalue weighted by Gasteiger charge is -2.17. The smallest absolute Gasteiger partial charge is 0.127 e. The molecule has 1 aliphatic rings. The van der Waals surface area contributed by atoms with Crippen LogP contribution in [0.1, 0.15) is 17.9 Å². The van der Waals surface area contributed by atoms with Gasteiger partial charge in [-0.25, -0.2) is 0 Å². The third-order valence-corrected chi connectivity index (χ3v) is 4.53. The molecule has 1 nitrogen and oxygen atoms in total. The van der Waals surface area contributed by atoms with E-state index in [0.717, 1.165) is 22.1 Å². The van der Waals surface area contributed by atoms with E-state index >= 15 is 0 Å². The van der Waals surface area contributed by atoms with Crippen molar-refractivity contribution < 1.29 is 4.79 Å². The Morgan fingerprint density at radius 2 is 2.40 bits per heavy atom. The van der Waals surface area contributed by atoms with E-state index in [2.05, 4.69) is 22.0 Å². The van der Waals surface area contributed by atoms with Crippen LogP contribution < -0.4 is 0 Å². The van der Waals surface area contributed by atoms with E-state index in [1.807, 2.05) is 30.0 Å². The summed E-state index contributed by atoms with van der Waals surface area (Å²) in [5, 5.41) is 0. The molecule has 0 saturated carbocycles. The largest absolute Gasteiger partial charge is 0.303 e. The van der Waals surface area contributed by atoms with Crippen LogP contribution in [0.15, 0.2) is 28.7 Å². The summed E-state index contributed by atoms with van der Waals surface area (Å²) in [4.78, 5) is 11.2. The summed E-state index contributed by atoms with van der Waals surface area (Å²) in [5.74, 6) is 2.93. The van der Waals surface area contributed by atoms with Crippen molar-refractivity contribution in [1.29, 1.82) is 0 Å². The van der Waals surface area contributed by atoms with E-state index in [4.69, 9.17) is 0 Å². The molecule has 0 aromatic heterocycles. The summed E-state index contributed by atoms with van der Waals surface area (Å²) in [7, 11) is 0. The Balaban J connectivity index is 2.21. The van der Waals surface area contributed by atoms with Gasteiger partial charge in [0.05, 0.1) is 0 Å².